The molecule has 4 heteroatoms. The van der Waals surface area contributed by atoms with Crippen LogP contribution in [0.3, 0.4) is 0 Å². The summed E-state index contributed by atoms with van der Waals surface area (Å²) in [4.78, 5) is 7.92. The number of benzene rings is 1. The summed E-state index contributed by atoms with van der Waals surface area (Å²) in [6.07, 6.45) is 3.27. The number of nitrogens with two attached hydrogens (primary N) is 1. The van der Waals surface area contributed by atoms with E-state index in [9.17, 15) is 0 Å². The molecule has 0 spiro atoms. The Morgan fingerprint density at radius 2 is 1.73 bits per heavy atom. The summed E-state index contributed by atoms with van der Waals surface area (Å²) in [6, 6.07) is 9.61. The maximum atomic E-state index is 5.49. The third kappa shape index (κ3) is 2.51. The molecule has 0 atom stereocenters. The van der Waals surface area contributed by atoms with Gasteiger partial charge in [0.1, 0.15) is 5.75 Å². The number of ether oxygens (including phenoxy) is 1. The number of aromatic nitrogens is 2. The van der Waals surface area contributed by atoms with Crippen LogP contribution in [0.25, 0.3) is 0 Å². The van der Waals surface area contributed by atoms with Crippen molar-refractivity contribution >= 4 is 0 Å². The van der Waals surface area contributed by atoms with Crippen molar-refractivity contribution in [2.45, 2.75) is 6.54 Å². The zero-order valence-electron chi connectivity index (χ0n) is 8.13. The lowest BCUT2D eigenvalue weighted by atomic mass is 10.2. The molecule has 1 aromatic carbocycles. The summed E-state index contributed by atoms with van der Waals surface area (Å²) in [5, 5.41) is 0. The van der Waals surface area contributed by atoms with Gasteiger partial charge in [-0.25, -0.2) is 9.97 Å². The highest BCUT2D eigenvalue weighted by Crippen LogP contribution is 2.17. The summed E-state index contributed by atoms with van der Waals surface area (Å²) in [7, 11) is 0. The highest BCUT2D eigenvalue weighted by Gasteiger charge is 1.98. The van der Waals surface area contributed by atoms with Crippen LogP contribution in [0.5, 0.6) is 11.8 Å². The van der Waals surface area contributed by atoms with E-state index in [2.05, 4.69) is 9.97 Å². The Hall–Kier alpha value is -1.94. The Kier molecular flexibility index (Phi) is 2.90. The summed E-state index contributed by atoms with van der Waals surface area (Å²) >= 11 is 0. The number of hydrogen-bond acceptors (Lipinski definition) is 4. The molecule has 0 amide bonds. The predicted octanol–water partition coefficient (Wildman–Crippen LogP) is 1.73. The van der Waals surface area contributed by atoms with Crippen LogP contribution in [0.4, 0.5) is 0 Å². The Balaban J connectivity index is 2.11. The van der Waals surface area contributed by atoms with Gasteiger partial charge in [-0.3, -0.25) is 0 Å². The van der Waals surface area contributed by atoms with E-state index in [1.165, 1.54) is 0 Å². The molecular weight excluding hydrogens is 190 g/mol. The predicted molar refractivity (Wildman–Crippen MR) is 56.4 cm³/mol. The molecule has 0 fully saturated rings. The Morgan fingerprint density at radius 1 is 1.07 bits per heavy atom. The van der Waals surface area contributed by atoms with E-state index in [0.29, 0.717) is 18.3 Å². The van der Waals surface area contributed by atoms with E-state index < -0.39 is 0 Å². The van der Waals surface area contributed by atoms with Crippen molar-refractivity contribution in [2.75, 3.05) is 0 Å². The molecule has 4 nitrogen and oxygen atoms in total. The average Bonchev–Trinajstić information content (AvgIpc) is 2.31. The summed E-state index contributed by atoms with van der Waals surface area (Å²) in [6.45, 7) is 0.530. The molecule has 15 heavy (non-hydrogen) atoms. The minimum atomic E-state index is 0.345. The molecular formula is C11H11N3O. The molecule has 0 bridgehead atoms. The van der Waals surface area contributed by atoms with Crippen molar-refractivity contribution in [3.05, 3.63) is 48.3 Å². The van der Waals surface area contributed by atoms with Crippen molar-refractivity contribution in [1.29, 1.82) is 0 Å². The lowest BCUT2D eigenvalue weighted by Crippen LogP contribution is -1.96. The number of rotatable bonds is 3. The van der Waals surface area contributed by atoms with Crippen LogP contribution in [0, 0.1) is 0 Å². The van der Waals surface area contributed by atoms with Crippen LogP contribution in [0.15, 0.2) is 42.7 Å². The second-order valence-corrected chi connectivity index (χ2v) is 2.98. The minimum absolute atomic E-state index is 0.345. The molecule has 0 unspecified atom stereocenters. The fourth-order valence-electron chi connectivity index (χ4n) is 1.14. The molecule has 76 valence electrons. The normalized spacial score (nSPS) is 9.93. The van der Waals surface area contributed by atoms with E-state index in [-0.39, 0.29) is 0 Å². The molecule has 0 saturated heterocycles. The van der Waals surface area contributed by atoms with Gasteiger partial charge in [-0.15, -0.1) is 0 Å². The first-order valence-electron chi connectivity index (χ1n) is 4.62. The van der Waals surface area contributed by atoms with Crippen LogP contribution in [-0.2, 0) is 6.54 Å². The van der Waals surface area contributed by atoms with Crippen molar-refractivity contribution in [3.8, 4) is 11.8 Å². The Labute approximate surface area is 87.7 Å². The van der Waals surface area contributed by atoms with Gasteiger partial charge >= 0.3 is 6.01 Å². The van der Waals surface area contributed by atoms with Crippen LogP contribution in [-0.4, -0.2) is 9.97 Å². The smallest absolute Gasteiger partial charge is 0.321 e. The van der Waals surface area contributed by atoms with Crippen molar-refractivity contribution < 1.29 is 4.74 Å². The fourth-order valence-corrected chi connectivity index (χ4v) is 1.14. The SMILES string of the molecule is NCc1ccc(Oc2ncccn2)cc1. The number of nitrogens with zero attached hydrogens (tertiary/aromatic N) is 2. The maximum absolute atomic E-state index is 5.49. The summed E-state index contributed by atoms with van der Waals surface area (Å²) in [5.74, 6) is 0.707. The first-order valence-corrected chi connectivity index (χ1v) is 4.62. The van der Waals surface area contributed by atoms with E-state index in [4.69, 9.17) is 10.5 Å². The van der Waals surface area contributed by atoms with Gasteiger partial charge in [0.15, 0.2) is 0 Å². The lowest BCUT2D eigenvalue weighted by Gasteiger charge is -2.03. The van der Waals surface area contributed by atoms with Gasteiger partial charge in [-0.05, 0) is 23.8 Å². The van der Waals surface area contributed by atoms with Gasteiger partial charge in [0, 0.05) is 18.9 Å². The third-order valence-corrected chi connectivity index (χ3v) is 1.91. The van der Waals surface area contributed by atoms with Crippen LogP contribution >= 0.6 is 0 Å². The Morgan fingerprint density at radius 3 is 2.33 bits per heavy atom. The number of hydrogen-bond donors (Lipinski definition) is 1. The summed E-state index contributed by atoms with van der Waals surface area (Å²) < 4.78 is 5.41. The van der Waals surface area contributed by atoms with Gasteiger partial charge in [0.2, 0.25) is 0 Å². The van der Waals surface area contributed by atoms with Gasteiger partial charge in [-0.1, -0.05) is 12.1 Å². The van der Waals surface area contributed by atoms with Crippen LogP contribution in [0.2, 0.25) is 0 Å². The molecule has 2 aromatic rings. The highest BCUT2D eigenvalue weighted by molar-refractivity contribution is 5.28. The second-order valence-electron chi connectivity index (χ2n) is 2.98. The van der Waals surface area contributed by atoms with E-state index in [0.717, 1.165) is 5.56 Å². The minimum Gasteiger partial charge on any atom is -0.424 e. The van der Waals surface area contributed by atoms with Crippen molar-refractivity contribution in [3.63, 3.8) is 0 Å². The molecule has 0 aliphatic heterocycles. The highest BCUT2D eigenvalue weighted by atomic mass is 16.5. The van der Waals surface area contributed by atoms with Gasteiger partial charge in [0.25, 0.3) is 0 Å². The quantitative estimate of drug-likeness (QED) is 0.821. The molecule has 0 aliphatic carbocycles. The monoisotopic (exact) mass is 201 g/mol. The van der Waals surface area contributed by atoms with Gasteiger partial charge in [-0.2, -0.15) is 0 Å². The molecule has 1 heterocycles. The topological polar surface area (TPSA) is 61.0 Å². The molecule has 0 aliphatic rings. The lowest BCUT2D eigenvalue weighted by molar-refractivity contribution is 0.441. The van der Waals surface area contributed by atoms with Crippen molar-refractivity contribution in [2.24, 2.45) is 5.73 Å². The van der Waals surface area contributed by atoms with Gasteiger partial charge in [0.05, 0.1) is 0 Å². The van der Waals surface area contributed by atoms with Crippen LogP contribution < -0.4 is 10.5 Å². The van der Waals surface area contributed by atoms with Crippen LogP contribution in [0.1, 0.15) is 5.56 Å². The van der Waals surface area contributed by atoms with E-state index in [1.807, 2.05) is 24.3 Å². The first kappa shape index (κ1) is 9.61. The molecule has 2 rings (SSSR count). The second kappa shape index (κ2) is 4.52. The summed E-state index contributed by atoms with van der Waals surface area (Å²) in [5.41, 5.74) is 6.55. The van der Waals surface area contributed by atoms with Crippen molar-refractivity contribution in [1.82, 2.24) is 9.97 Å². The van der Waals surface area contributed by atoms with Gasteiger partial charge < -0.3 is 10.5 Å². The molecule has 0 radical (unpaired) electrons. The zero-order chi connectivity index (χ0) is 10.5. The standard InChI is InChI=1S/C11H11N3O/c12-8-9-2-4-10(5-3-9)15-11-13-6-1-7-14-11/h1-7H,8,12H2. The molecule has 1 aromatic heterocycles. The van der Waals surface area contributed by atoms with E-state index in [1.54, 1.807) is 18.5 Å². The Bertz CT molecular complexity index is 414. The maximum Gasteiger partial charge on any atom is 0.321 e. The first-order chi connectivity index (χ1) is 7.38. The zero-order valence-corrected chi connectivity index (χ0v) is 8.13. The third-order valence-electron chi connectivity index (χ3n) is 1.91. The molecule has 2 N–H and O–H groups in total. The van der Waals surface area contributed by atoms with E-state index >= 15 is 0 Å². The molecule has 0 saturated carbocycles. The average molecular weight is 201 g/mol. The fraction of sp³-hybridized carbons (Fsp3) is 0.0909. The largest absolute Gasteiger partial charge is 0.424 e.